The molecule has 0 heterocycles. The number of phenols is 2. The average Bonchev–Trinajstić information content (AvgIpc) is 1.98. The molecule has 0 bridgehead atoms. The van der Waals surface area contributed by atoms with E-state index in [0.717, 1.165) is 0 Å². The van der Waals surface area contributed by atoms with Crippen molar-refractivity contribution in [2.24, 2.45) is 0 Å². The highest BCUT2D eigenvalue weighted by Crippen LogP contribution is 2.34. The molecule has 0 aliphatic heterocycles. The Morgan fingerprint density at radius 2 is 1.92 bits per heavy atom. The lowest BCUT2D eigenvalue weighted by molar-refractivity contribution is 0.229. The van der Waals surface area contributed by atoms with Crippen molar-refractivity contribution in [1.82, 2.24) is 0 Å². The third-order valence-electron chi connectivity index (χ3n) is 1.34. The summed E-state index contributed by atoms with van der Waals surface area (Å²) in [5.41, 5.74) is 0. The SMILES string of the molecule is CC(C)Oc1cccc(O)c1O. The fourth-order valence-electron chi connectivity index (χ4n) is 0.860. The second kappa shape index (κ2) is 3.34. The van der Waals surface area contributed by atoms with E-state index in [1.807, 2.05) is 13.8 Å². The Balaban J connectivity index is 2.92. The van der Waals surface area contributed by atoms with E-state index >= 15 is 0 Å². The summed E-state index contributed by atoms with van der Waals surface area (Å²) in [4.78, 5) is 0. The van der Waals surface area contributed by atoms with Crippen molar-refractivity contribution in [3.63, 3.8) is 0 Å². The summed E-state index contributed by atoms with van der Waals surface area (Å²) in [6.45, 7) is 3.70. The van der Waals surface area contributed by atoms with Gasteiger partial charge in [-0.25, -0.2) is 0 Å². The summed E-state index contributed by atoms with van der Waals surface area (Å²) >= 11 is 0. The maximum Gasteiger partial charge on any atom is 0.200 e. The van der Waals surface area contributed by atoms with Crippen molar-refractivity contribution in [1.29, 1.82) is 0 Å². The van der Waals surface area contributed by atoms with Crippen LogP contribution in [0, 0.1) is 0 Å². The minimum atomic E-state index is -0.203. The maximum absolute atomic E-state index is 9.27. The topological polar surface area (TPSA) is 49.7 Å². The summed E-state index contributed by atoms with van der Waals surface area (Å²) in [6.07, 6.45) is -0.0160. The summed E-state index contributed by atoms with van der Waals surface area (Å²) in [5, 5.41) is 18.4. The van der Waals surface area contributed by atoms with Crippen LogP contribution in [0.15, 0.2) is 18.2 Å². The normalized spacial score (nSPS) is 10.2. The second-order valence-corrected chi connectivity index (χ2v) is 2.79. The molecular formula is C9H12O3. The van der Waals surface area contributed by atoms with E-state index in [9.17, 15) is 5.11 Å². The van der Waals surface area contributed by atoms with Crippen molar-refractivity contribution in [3.05, 3.63) is 18.2 Å². The number of hydrogen-bond donors (Lipinski definition) is 2. The zero-order valence-electron chi connectivity index (χ0n) is 7.11. The monoisotopic (exact) mass is 168 g/mol. The van der Waals surface area contributed by atoms with Gasteiger partial charge in [0.05, 0.1) is 6.10 Å². The molecule has 1 rings (SSSR count). The van der Waals surface area contributed by atoms with Crippen LogP contribution in [-0.2, 0) is 0 Å². The highest BCUT2D eigenvalue weighted by molar-refractivity contribution is 5.48. The van der Waals surface area contributed by atoms with Crippen LogP contribution in [0.5, 0.6) is 17.2 Å². The van der Waals surface area contributed by atoms with Gasteiger partial charge in [-0.3, -0.25) is 0 Å². The lowest BCUT2D eigenvalue weighted by Gasteiger charge is -2.11. The van der Waals surface area contributed by atoms with Gasteiger partial charge in [0.2, 0.25) is 5.75 Å². The molecule has 0 saturated carbocycles. The molecule has 12 heavy (non-hydrogen) atoms. The van der Waals surface area contributed by atoms with Crippen molar-refractivity contribution < 1.29 is 14.9 Å². The molecule has 0 aliphatic carbocycles. The molecule has 0 aromatic heterocycles. The predicted octanol–water partition coefficient (Wildman–Crippen LogP) is 1.89. The third kappa shape index (κ3) is 1.81. The van der Waals surface area contributed by atoms with Gasteiger partial charge in [-0.15, -0.1) is 0 Å². The lowest BCUT2D eigenvalue weighted by atomic mass is 10.3. The highest BCUT2D eigenvalue weighted by atomic mass is 16.5. The number of phenolic OH excluding ortho intramolecular Hbond substituents is 2. The molecule has 0 amide bonds. The van der Waals surface area contributed by atoms with Gasteiger partial charge >= 0.3 is 0 Å². The van der Waals surface area contributed by atoms with Gasteiger partial charge in [-0.2, -0.15) is 0 Å². The molecule has 2 N–H and O–H groups in total. The first-order valence-electron chi connectivity index (χ1n) is 3.79. The molecule has 66 valence electrons. The van der Waals surface area contributed by atoms with Gasteiger partial charge < -0.3 is 14.9 Å². The summed E-state index contributed by atoms with van der Waals surface area (Å²) in [6, 6.07) is 4.63. The standard InChI is InChI=1S/C9H12O3/c1-6(2)12-8-5-3-4-7(10)9(8)11/h3-6,10-11H,1-2H3. The van der Waals surface area contributed by atoms with Crippen LogP contribution >= 0.6 is 0 Å². The Morgan fingerprint density at radius 3 is 2.50 bits per heavy atom. The number of ether oxygens (including phenoxy) is 1. The van der Waals surface area contributed by atoms with Gasteiger partial charge in [-0.05, 0) is 26.0 Å². The molecule has 0 radical (unpaired) electrons. The Morgan fingerprint density at radius 1 is 1.25 bits per heavy atom. The van der Waals surface area contributed by atoms with E-state index in [4.69, 9.17) is 9.84 Å². The minimum absolute atomic E-state index is 0.0160. The van der Waals surface area contributed by atoms with Crippen LogP contribution in [0.1, 0.15) is 13.8 Å². The van der Waals surface area contributed by atoms with E-state index in [-0.39, 0.29) is 17.6 Å². The van der Waals surface area contributed by atoms with Crippen molar-refractivity contribution in [2.75, 3.05) is 0 Å². The average molecular weight is 168 g/mol. The zero-order chi connectivity index (χ0) is 9.14. The minimum Gasteiger partial charge on any atom is -0.504 e. The number of aromatic hydroxyl groups is 2. The molecule has 3 nitrogen and oxygen atoms in total. The van der Waals surface area contributed by atoms with Crippen molar-refractivity contribution >= 4 is 0 Å². The molecule has 3 heteroatoms. The van der Waals surface area contributed by atoms with Gasteiger partial charge in [0.25, 0.3) is 0 Å². The Hall–Kier alpha value is -1.38. The number of para-hydroxylation sites is 1. The first kappa shape index (κ1) is 8.71. The maximum atomic E-state index is 9.27. The van der Waals surface area contributed by atoms with Gasteiger partial charge in [-0.1, -0.05) is 6.07 Å². The molecule has 1 aromatic rings. The molecule has 0 saturated heterocycles. The fourth-order valence-corrected chi connectivity index (χ4v) is 0.860. The van der Waals surface area contributed by atoms with Crippen LogP contribution in [-0.4, -0.2) is 16.3 Å². The van der Waals surface area contributed by atoms with Gasteiger partial charge in [0.15, 0.2) is 11.5 Å². The summed E-state index contributed by atoms with van der Waals surface area (Å²) < 4.78 is 5.22. The molecule has 0 aliphatic rings. The first-order valence-corrected chi connectivity index (χ1v) is 3.79. The molecular weight excluding hydrogens is 156 g/mol. The Bertz CT molecular complexity index is 268. The second-order valence-electron chi connectivity index (χ2n) is 2.79. The van der Waals surface area contributed by atoms with E-state index < -0.39 is 0 Å². The van der Waals surface area contributed by atoms with Crippen LogP contribution in [0.2, 0.25) is 0 Å². The zero-order valence-corrected chi connectivity index (χ0v) is 7.11. The predicted molar refractivity (Wildman–Crippen MR) is 45.5 cm³/mol. The quantitative estimate of drug-likeness (QED) is 0.663. The van der Waals surface area contributed by atoms with Gasteiger partial charge in [0.1, 0.15) is 0 Å². The van der Waals surface area contributed by atoms with E-state index in [0.29, 0.717) is 5.75 Å². The van der Waals surface area contributed by atoms with Crippen LogP contribution in [0.4, 0.5) is 0 Å². The first-order chi connectivity index (χ1) is 5.61. The van der Waals surface area contributed by atoms with Crippen LogP contribution < -0.4 is 4.74 Å². The molecule has 1 aromatic carbocycles. The van der Waals surface area contributed by atoms with E-state index in [2.05, 4.69) is 0 Å². The van der Waals surface area contributed by atoms with Crippen molar-refractivity contribution in [3.8, 4) is 17.2 Å². The third-order valence-corrected chi connectivity index (χ3v) is 1.34. The number of rotatable bonds is 2. The highest BCUT2D eigenvalue weighted by Gasteiger charge is 2.07. The van der Waals surface area contributed by atoms with E-state index in [1.165, 1.54) is 6.07 Å². The Labute approximate surface area is 71.2 Å². The summed E-state index contributed by atoms with van der Waals surface area (Å²) in [5.74, 6) is -0.0515. The number of benzene rings is 1. The molecule has 0 atom stereocenters. The smallest absolute Gasteiger partial charge is 0.200 e. The number of hydrogen-bond acceptors (Lipinski definition) is 3. The largest absolute Gasteiger partial charge is 0.504 e. The van der Waals surface area contributed by atoms with Gasteiger partial charge in [0, 0.05) is 0 Å². The van der Waals surface area contributed by atoms with Crippen molar-refractivity contribution in [2.45, 2.75) is 20.0 Å². The van der Waals surface area contributed by atoms with E-state index in [1.54, 1.807) is 12.1 Å². The molecule has 0 spiro atoms. The van der Waals surface area contributed by atoms with Crippen LogP contribution in [0.3, 0.4) is 0 Å². The molecule has 0 unspecified atom stereocenters. The summed E-state index contributed by atoms with van der Waals surface area (Å²) in [7, 11) is 0. The lowest BCUT2D eigenvalue weighted by Crippen LogP contribution is -2.05. The molecule has 0 fully saturated rings. The van der Waals surface area contributed by atoms with Crippen LogP contribution in [0.25, 0.3) is 0 Å². The Kier molecular flexibility index (Phi) is 2.43. The fraction of sp³-hybridized carbons (Fsp3) is 0.333.